The van der Waals surface area contributed by atoms with E-state index in [9.17, 15) is 4.79 Å². The molecule has 0 aliphatic heterocycles. The van der Waals surface area contributed by atoms with E-state index in [1.807, 2.05) is 13.8 Å². The van der Waals surface area contributed by atoms with Crippen LogP contribution in [0.5, 0.6) is 0 Å². The molecular formula is C11H20N2O. The van der Waals surface area contributed by atoms with Gasteiger partial charge in [-0.15, -0.1) is 0 Å². The summed E-state index contributed by atoms with van der Waals surface area (Å²) in [6.07, 6.45) is 2.41. The maximum Gasteiger partial charge on any atom is 0.221 e. The van der Waals surface area contributed by atoms with Gasteiger partial charge in [0.25, 0.3) is 0 Å². The van der Waals surface area contributed by atoms with Gasteiger partial charge in [0.15, 0.2) is 0 Å². The highest BCUT2D eigenvalue weighted by Gasteiger charge is 2.16. The molecule has 0 fully saturated rings. The van der Waals surface area contributed by atoms with Gasteiger partial charge >= 0.3 is 0 Å². The Hall–Kier alpha value is -1.04. The number of carbonyl (C=O) groups is 1. The molecule has 0 bridgehead atoms. The highest BCUT2D eigenvalue weighted by molar-refractivity contribution is 5.76. The van der Waals surface area contributed by atoms with Gasteiger partial charge in [0, 0.05) is 13.0 Å². The first kappa shape index (κ1) is 13.0. The summed E-state index contributed by atoms with van der Waals surface area (Å²) in [6.45, 7) is 6.74. The van der Waals surface area contributed by atoms with Crippen molar-refractivity contribution in [3.8, 4) is 6.07 Å². The summed E-state index contributed by atoms with van der Waals surface area (Å²) in [5.41, 5.74) is 0. The van der Waals surface area contributed by atoms with Crippen LogP contribution in [0.2, 0.25) is 0 Å². The van der Waals surface area contributed by atoms with Crippen molar-refractivity contribution >= 4 is 5.91 Å². The van der Waals surface area contributed by atoms with E-state index in [4.69, 9.17) is 5.26 Å². The molecule has 0 aromatic heterocycles. The Bertz CT molecular complexity index is 206. The molecule has 1 N–H and O–H groups in total. The number of nitriles is 1. The summed E-state index contributed by atoms with van der Waals surface area (Å²) >= 11 is 0. The van der Waals surface area contributed by atoms with Crippen molar-refractivity contribution in [1.82, 2.24) is 5.32 Å². The van der Waals surface area contributed by atoms with Crippen molar-refractivity contribution in [2.45, 2.75) is 40.0 Å². The number of rotatable bonds is 6. The number of nitrogens with zero attached hydrogens (tertiary/aromatic N) is 1. The van der Waals surface area contributed by atoms with Crippen LogP contribution in [0.25, 0.3) is 0 Å². The average Bonchev–Trinajstić information content (AvgIpc) is 2.14. The Morgan fingerprint density at radius 1 is 1.50 bits per heavy atom. The quantitative estimate of drug-likeness (QED) is 0.661. The first-order valence-corrected chi connectivity index (χ1v) is 5.28. The predicted octanol–water partition coefficient (Wildman–Crippen LogP) is 2.09. The number of carbonyl (C=O) groups excluding carboxylic acids is 1. The highest BCUT2D eigenvalue weighted by Crippen LogP contribution is 2.13. The van der Waals surface area contributed by atoms with Crippen LogP contribution >= 0.6 is 0 Å². The average molecular weight is 196 g/mol. The molecule has 1 atom stereocenters. The number of unbranched alkanes of at least 4 members (excludes halogenated alkanes) is 1. The molecular weight excluding hydrogens is 176 g/mol. The zero-order valence-electron chi connectivity index (χ0n) is 9.34. The zero-order chi connectivity index (χ0) is 11.0. The van der Waals surface area contributed by atoms with E-state index in [0.29, 0.717) is 6.42 Å². The maximum absolute atomic E-state index is 11.3. The topological polar surface area (TPSA) is 52.9 Å². The Kier molecular flexibility index (Phi) is 6.82. The molecule has 0 aromatic rings. The molecule has 0 spiro atoms. The van der Waals surface area contributed by atoms with Gasteiger partial charge in [0.05, 0.1) is 12.0 Å². The minimum atomic E-state index is -0.156. The second kappa shape index (κ2) is 7.37. The van der Waals surface area contributed by atoms with Gasteiger partial charge in [-0.05, 0) is 12.3 Å². The monoisotopic (exact) mass is 196 g/mol. The maximum atomic E-state index is 11.3. The normalized spacial score (nSPS) is 12.2. The molecule has 1 amide bonds. The Morgan fingerprint density at radius 2 is 2.14 bits per heavy atom. The third kappa shape index (κ3) is 5.58. The van der Waals surface area contributed by atoms with Crippen LogP contribution in [0.1, 0.15) is 40.0 Å². The molecule has 1 unspecified atom stereocenters. The molecule has 80 valence electrons. The van der Waals surface area contributed by atoms with Crippen molar-refractivity contribution in [1.29, 1.82) is 5.26 Å². The lowest BCUT2D eigenvalue weighted by Gasteiger charge is -2.12. The van der Waals surface area contributed by atoms with Crippen molar-refractivity contribution < 1.29 is 4.79 Å². The van der Waals surface area contributed by atoms with Gasteiger partial charge < -0.3 is 5.32 Å². The minimum Gasteiger partial charge on any atom is -0.356 e. The standard InChI is InChI=1S/C11H20N2O/c1-4-5-6-13-11(14)7-10(8-12)9(2)3/h9-10H,4-7H2,1-3H3,(H,13,14). The van der Waals surface area contributed by atoms with Gasteiger partial charge in [0.2, 0.25) is 5.91 Å². The first-order valence-electron chi connectivity index (χ1n) is 5.28. The molecule has 3 heteroatoms. The third-order valence-electron chi connectivity index (χ3n) is 2.23. The highest BCUT2D eigenvalue weighted by atomic mass is 16.1. The molecule has 0 saturated carbocycles. The molecule has 14 heavy (non-hydrogen) atoms. The number of amides is 1. The van der Waals surface area contributed by atoms with Gasteiger partial charge in [-0.1, -0.05) is 27.2 Å². The minimum absolute atomic E-state index is 0.00120. The van der Waals surface area contributed by atoms with E-state index in [1.54, 1.807) is 0 Å². The Morgan fingerprint density at radius 3 is 2.57 bits per heavy atom. The van der Waals surface area contributed by atoms with Gasteiger partial charge in [-0.25, -0.2) is 0 Å². The number of hydrogen-bond donors (Lipinski definition) is 1. The number of nitrogens with one attached hydrogen (secondary N) is 1. The second-order valence-corrected chi connectivity index (χ2v) is 3.89. The van der Waals surface area contributed by atoms with Crippen LogP contribution in [0.3, 0.4) is 0 Å². The largest absolute Gasteiger partial charge is 0.356 e. The SMILES string of the molecule is CCCCNC(=O)CC(C#N)C(C)C. The summed E-state index contributed by atoms with van der Waals surface area (Å²) in [5, 5.41) is 11.6. The van der Waals surface area contributed by atoms with Crippen molar-refractivity contribution in [3.63, 3.8) is 0 Å². The smallest absolute Gasteiger partial charge is 0.221 e. The fourth-order valence-electron chi connectivity index (χ4n) is 1.11. The van der Waals surface area contributed by atoms with Crippen molar-refractivity contribution in [2.24, 2.45) is 11.8 Å². The first-order chi connectivity index (χ1) is 6.61. The summed E-state index contributed by atoms with van der Waals surface area (Å²) in [5.74, 6) is 0.0900. The summed E-state index contributed by atoms with van der Waals surface area (Å²) in [6, 6.07) is 2.16. The fourth-order valence-corrected chi connectivity index (χ4v) is 1.11. The van der Waals surface area contributed by atoms with Crippen molar-refractivity contribution in [2.75, 3.05) is 6.54 Å². The van der Waals surface area contributed by atoms with Crippen LogP contribution in [-0.4, -0.2) is 12.5 Å². The Labute approximate surface area is 86.5 Å². The molecule has 0 rings (SSSR count). The third-order valence-corrected chi connectivity index (χ3v) is 2.23. The van der Waals surface area contributed by atoms with E-state index < -0.39 is 0 Å². The van der Waals surface area contributed by atoms with Crippen LogP contribution in [-0.2, 0) is 4.79 Å². The molecule has 0 aliphatic rings. The van der Waals surface area contributed by atoms with Gasteiger partial charge in [0.1, 0.15) is 0 Å². The lowest BCUT2D eigenvalue weighted by molar-refractivity contribution is -0.121. The molecule has 0 heterocycles. The molecule has 0 aromatic carbocycles. The summed E-state index contributed by atoms with van der Waals surface area (Å²) < 4.78 is 0. The molecule has 0 aliphatic carbocycles. The van der Waals surface area contributed by atoms with Gasteiger partial charge in [-0.3, -0.25) is 4.79 Å². The van der Waals surface area contributed by atoms with Gasteiger partial charge in [-0.2, -0.15) is 5.26 Å². The summed E-state index contributed by atoms with van der Waals surface area (Å²) in [4.78, 5) is 11.3. The summed E-state index contributed by atoms with van der Waals surface area (Å²) in [7, 11) is 0. The second-order valence-electron chi connectivity index (χ2n) is 3.89. The molecule has 0 radical (unpaired) electrons. The lowest BCUT2D eigenvalue weighted by Crippen LogP contribution is -2.27. The predicted molar refractivity (Wildman–Crippen MR) is 56.5 cm³/mol. The number of hydrogen-bond acceptors (Lipinski definition) is 2. The van der Waals surface area contributed by atoms with E-state index in [2.05, 4.69) is 18.3 Å². The van der Waals surface area contributed by atoms with E-state index in [1.165, 1.54) is 0 Å². The van der Waals surface area contributed by atoms with E-state index in [0.717, 1.165) is 19.4 Å². The van der Waals surface area contributed by atoms with Crippen LogP contribution in [0.15, 0.2) is 0 Å². The van der Waals surface area contributed by atoms with Crippen molar-refractivity contribution in [3.05, 3.63) is 0 Å². The van der Waals surface area contributed by atoms with Crippen LogP contribution in [0, 0.1) is 23.2 Å². The lowest BCUT2D eigenvalue weighted by atomic mass is 9.94. The molecule has 3 nitrogen and oxygen atoms in total. The van der Waals surface area contributed by atoms with E-state index >= 15 is 0 Å². The van der Waals surface area contributed by atoms with Crippen LogP contribution < -0.4 is 5.32 Å². The Balaban J connectivity index is 3.75. The zero-order valence-corrected chi connectivity index (χ0v) is 9.34. The van der Waals surface area contributed by atoms with E-state index in [-0.39, 0.29) is 17.7 Å². The van der Waals surface area contributed by atoms with Crippen LogP contribution in [0.4, 0.5) is 0 Å². The fraction of sp³-hybridized carbons (Fsp3) is 0.818. The molecule has 0 saturated heterocycles.